The summed E-state index contributed by atoms with van der Waals surface area (Å²) in [5.74, 6) is -1.51. The van der Waals surface area contributed by atoms with E-state index in [4.69, 9.17) is 9.68 Å². The van der Waals surface area contributed by atoms with Crippen LogP contribution in [0, 0.1) is 23.0 Å². The van der Waals surface area contributed by atoms with Crippen molar-refractivity contribution in [2.24, 2.45) is 0 Å². The fourth-order valence-corrected chi connectivity index (χ4v) is 3.39. The minimum atomic E-state index is -0.771. The van der Waals surface area contributed by atoms with Crippen LogP contribution in [0.3, 0.4) is 0 Å². The molecule has 0 saturated heterocycles. The summed E-state index contributed by atoms with van der Waals surface area (Å²) >= 11 is 0. The number of anilines is 1. The van der Waals surface area contributed by atoms with E-state index >= 15 is 0 Å². The normalized spacial score (nSPS) is 11.9. The summed E-state index contributed by atoms with van der Waals surface area (Å²) in [4.78, 5) is 14.3. The molecule has 0 fully saturated rings. The fraction of sp³-hybridized carbons (Fsp3) is 0.182. The maximum Gasteiger partial charge on any atom is 0.316 e. The number of halogens is 2. The first kappa shape index (κ1) is 21.1. The van der Waals surface area contributed by atoms with Gasteiger partial charge in [-0.1, -0.05) is 17.2 Å². The number of hydrogen-bond acceptors (Lipinski definition) is 7. The SMILES string of the molecule is CNCCC(C=O)Nc1nnc(-c2c(-c3ccc(C#N)cc3)[nH]c3c(F)cc(F)cc23)o1. The van der Waals surface area contributed by atoms with E-state index in [9.17, 15) is 13.6 Å². The van der Waals surface area contributed by atoms with E-state index in [1.807, 2.05) is 6.07 Å². The van der Waals surface area contributed by atoms with Crippen molar-refractivity contribution in [3.63, 3.8) is 0 Å². The molecule has 0 aliphatic rings. The summed E-state index contributed by atoms with van der Waals surface area (Å²) in [5, 5.41) is 23.0. The van der Waals surface area contributed by atoms with Crippen molar-refractivity contribution in [3.8, 4) is 28.8 Å². The van der Waals surface area contributed by atoms with Gasteiger partial charge in [0.25, 0.3) is 5.89 Å². The number of rotatable bonds is 8. The van der Waals surface area contributed by atoms with Gasteiger partial charge in [0.05, 0.1) is 34.4 Å². The third-order valence-electron chi connectivity index (χ3n) is 4.94. The molecule has 4 aromatic rings. The number of aldehydes is 1. The van der Waals surface area contributed by atoms with E-state index in [1.165, 1.54) is 6.07 Å². The largest absolute Gasteiger partial charge is 0.403 e. The van der Waals surface area contributed by atoms with E-state index < -0.39 is 17.7 Å². The lowest BCUT2D eigenvalue weighted by Crippen LogP contribution is -2.25. The van der Waals surface area contributed by atoms with Gasteiger partial charge in [0.2, 0.25) is 0 Å². The second kappa shape index (κ2) is 8.95. The summed E-state index contributed by atoms with van der Waals surface area (Å²) in [6.07, 6.45) is 1.23. The molecule has 162 valence electrons. The molecule has 0 amide bonds. The van der Waals surface area contributed by atoms with Crippen LogP contribution < -0.4 is 10.6 Å². The molecule has 2 heterocycles. The first-order chi connectivity index (χ1) is 15.5. The van der Waals surface area contributed by atoms with Gasteiger partial charge in [0.1, 0.15) is 17.9 Å². The zero-order valence-electron chi connectivity index (χ0n) is 16.9. The molecule has 8 nitrogen and oxygen atoms in total. The average molecular weight is 436 g/mol. The van der Waals surface area contributed by atoms with E-state index in [0.717, 1.165) is 12.4 Å². The lowest BCUT2D eigenvalue weighted by Gasteiger charge is -2.09. The van der Waals surface area contributed by atoms with E-state index in [2.05, 4.69) is 25.8 Å². The van der Waals surface area contributed by atoms with Gasteiger partial charge in [-0.15, -0.1) is 5.10 Å². The van der Waals surface area contributed by atoms with Crippen LogP contribution in [0.2, 0.25) is 0 Å². The van der Waals surface area contributed by atoms with E-state index in [1.54, 1.807) is 31.3 Å². The highest BCUT2D eigenvalue weighted by Crippen LogP contribution is 2.39. The molecule has 0 bridgehead atoms. The highest BCUT2D eigenvalue weighted by molar-refractivity contribution is 6.02. The second-order valence-corrected chi connectivity index (χ2v) is 7.07. The number of nitriles is 1. The number of carbonyl (C=O) groups is 1. The Morgan fingerprint density at radius 3 is 2.72 bits per heavy atom. The number of benzene rings is 2. The predicted molar refractivity (Wildman–Crippen MR) is 114 cm³/mol. The van der Waals surface area contributed by atoms with Gasteiger partial charge in [-0.3, -0.25) is 0 Å². The number of aromatic nitrogens is 3. The van der Waals surface area contributed by atoms with Crippen molar-refractivity contribution in [2.75, 3.05) is 18.9 Å². The molecule has 0 spiro atoms. The first-order valence-corrected chi connectivity index (χ1v) is 9.75. The Balaban J connectivity index is 1.81. The Morgan fingerprint density at radius 1 is 1.25 bits per heavy atom. The van der Waals surface area contributed by atoms with Crippen LogP contribution >= 0.6 is 0 Å². The summed E-state index contributed by atoms with van der Waals surface area (Å²) < 4.78 is 34.2. The molecule has 0 radical (unpaired) electrons. The number of nitrogens with one attached hydrogen (secondary N) is 3. The molecule has 2 aromatic heterocycles. The molecule has 10 heteroatoms. The zero-order valence-corrected chi connectivity index (χ0v) is 16.9. The van der Waals surface area contributed by atoms with Crippen LogP contribution in [0.15, 0.2) is 40.8 Å². The Morgan fingerprint density at radius 2 is 2.03 bits per heavy atom. The zero-order chi connectivity index (χ0) is 22.7. The Labute approximate surface area is 181 Å². The molecular weight excluding hydrogens is 418 g/mol. The number of H-pyrrole nitrogens is 1. The van der Waals surface area contributed by atoms with Crippen molar-refractivity contribution in [1.82, 2.24) is 20.5 Å². The van der Waals surface area contributed by atoms with Crippen LogP contribution in [0.1, 0.15) is 12.0 Å². The van der Waals surface area contributed by atoms with Crippen LogP contribution in [-0.2, 0) is 4.79 Å². The van der Waals surface area contributed by atoms with Crippen molar-refractivity contribution in [3.05, 3.63) is 53.6 Å². The number of aromatic amines is 1. The molecule has 2 aromatic carbocycles. The lowest BCUT2D eigenvalue weighted by molar-refractivity contribution is -0.108. The minimum absolute atomic E-state index is 0.00482. The molecular formula is C22H18F2N6O2. The molecule has 3 N–H and O–H groups in total. The summed E-state index contributed by atoms with van der Waals surface area (Å²) in [6.45, 7) is 0.598. The smallest absolute Gasteiger partial charge is 0.316 e. The topological polar surface area (TPSA) is 120 Å². The summed E-state index contributed by atoms with van der Waals surface area (Å²) in [6, 6.07) is 10.0. The molecule has 0 aliphatic carbocycles. The monoisotopic (exact) mass is 436 g/mol. The van der Waals surface area contributed by atoms with E-state index in [0.29, 0.717) is 35.3 Å². The van der Waals surface area contributed by atoms with Crippen molar-refractivity contribution < 1.29 is 18.0 Å². The van der Waals surface area contributed by atoms with Crippen molar-refractivity contribution in [1.29, 1.82) is 5.26 Å². The molecule has 1 atom stereocenters. The van der Waals surface area contributed by atoms with Gasteiger partial charge in [-0.05, 0) is 43.8 Å². The van der Waals surface area contributed by atoms with Gasteiger partial charge in [-0.25, -0.2) is 8.78 Å². The third kappa shape index (κ3) is 4.06. The summed E-state index contributed by atoms with van der Waals surface area (Å²) in [7, 11) is 1.77. The molecule has 32 heavy (non-hydrogen) atoms. The quantitative estimate of drug-likeness (QED) is 0.361. The number of fused-ring (bicyclic) bond motifs is 1. The van der Waals surface area contributed by atoms with Crippen LogP contribution in [0.5, 0.6) is 0 Å². The maximum atomic E-state index is 14.5. The lowest BCUT2D eigenvalue weighted by atomic mass is 10.0. The maximum absolute atomic E-state index is 14.5. The highest BCUT2D eigenvalue weighted by Gasteiger charge is 2.23. The van der Waals surface area contributed by atoms with Crippen LogP contribution in [0.25, 0.3) is 33.6 Å². The second-order valence-electron chi connectivity index (χ2n) is 7.07. The van der Waals surface area contributed by atoms with Gasteiger partial charge in [-0.2, -0.15) is 5.26 Å². The van der Waals surface area contributed by atoms with Crippen molar-refractivity contribution in [2.45, 2.75) is 12.5 Å². The molecule has 0 aliphatic heterocycles. The molecule has 0 saturated carbocycles. The molecule has 4 rings (SSSR count). The minimum Gasteiger partial charge on any atom is -0.403 e. The fourth-order valence-electron chi connectivity index (χ4n) is 3.39. The highest BCUT2D eigenvalue weighted by atomic mass is 19.1. The van der Waals surface area contributed by atoms with Crippen LogP contribution in [-0.4, -0.2) is 41.1 Å². The van der Waals surface area contributed by atoms with Crippen molar-refractivity contribution >= 4 is 23.2 Å². The number of carbonyl (C=O) groups excluding carboxylic acids is 1. The van der Waals surface area contributed by atoms with Crippen LogP contribution in [0.4, 0.5) is 14.8 Å². The van der Waals surface area contributed by atoms with Gasteiger partial charge in [0, 0.05) is 11.5 Å². The van der Waals surface area contributed by atoms with E-state index in [-0.39, 0.29) is 22.8 Å². The van der Waals surface area contributed by atoms with Gasteiger partial charge >= 0.3 is 6.01 Å². The van der Waals surface area contributed by atoms with Gasteiger partial charge < -0.3 is 24.8 Å². The Bertz CT molecular complexity index is 1310. The van der Waals surface area contributed by atoms with Gasteiger partial charge in [0.15, 0.2) is 0 Å². The standard InChI is InChI=1S/C22H18F2N6O2/c1-26-7-6-15(11-31)27-22-30-29-21(32-22)18-16-8-14(23)9-17(24)20(16)28-19(18)13-4-2-12(10-25)3-5-13/h2-5,8-9,11,15,26,28H,6-7H2,1H3,(H,27,30). The predicted octanol–water partition coefficient (Wildman–Crippen LogP) is 3.62. The summed E-state index contributed by atoms with van der Waals surface area (Å²) in [5.41, 5.74) is 1.87. The average Bonchev–Trinajstić information content (AvgIpc) is 3.41. The third-order valence-corrected chi connectivity index (χ3v) is 4.94. The number of hydrogen-bond donors (Lipinski definition) is 3. The Kier molecular flexibility index (Phi) is 5.91. The Hall–Kier alpha value is -4.10. The molecule has 1 unspecified atom stereocenters. The number of nitrogens with zero attached hydrogens (tertiary/aromatic N) is 3. The first-order valence-electron chi connectivity index (χ1n) is 9.75.